The summed E-state index contributed by atoms with van der Waals surface area (Å²) in [7, 11) is 0. The number of hydrogen-bond acceptors (Lipinski definition) is 8. The molecule has 0 saturated heterocycles. The SMILES string of the molecule is C[C@@H](NC(=O)[C@@H](N)Cc1ccc(O)cc1)C(=O)NCC(=O)N[C@@H](C(N)=O)C1(C(=O)[C@@H](N)Cc2ccccc2)C=CC=CC1. The molecule has 4 amide bonds. The summed E-state index contributed by atoms with van der Waals surface area (Å²) in [5.41, 5.74) is 18.0. The van der Waals surface area contributed by atoms with E-state index >= 15 is 0 Å². The molecule has 1 aliphatic rings. The highest BCUT2D eigenvalue weighted by atomic mass is 16.3. The van der Waals surface area contributed by atoms with E-state index in [4.69, 9.17) is 17.2 Å². The van der Waals surface area contributed by atoms with Crippen LogP contribution in [0.5, 0.6) is 5.75 Å². The van der Waals surface area contributed by atoms with Gasteiger partial charge in [0.05, 0.1) is 24.0 Å². The minimum atomic E-state index is -1.52. The lowest BCUT2D eigenvalue weighted by Gasteiger charge is -2.38. The van der Waals surface area contributed by atoms with Gasteiger partial charge in [0.2, 0.25) is 23.6 Å². The summed E-state index contributed by atoms with van der Waals surface area (Å²) in [6.45, 7) is 0.869. The van der Waals surface area contributed by atoms with Crippen LogP contribution in [0, 0.1) is 5.41 Å². The number of Topliss-reactive ketones (excluding diaryl/α,β-unsaturated/α-hetero) is 1. The zero-order chi connectivity index (χ0) is 31.6. The lowest BCUT2D eigenvalue weighted by Crippen LogP contribution is -2.62. The van der Waals surface area contributed by atoms with Gasteiger partial charge in [-0.1, -0.05) is 66.8 Å². The fourth-order valence-corrected chi connectivity index (χ4v) is 4.83. The number of carbonyl (C=O) groups excluding carboxylic acids is 5. The third-order valence-corrected chi connectivity index (χ3v) is 7.20. The second-order valence-electron chi connectivity index (χ2n) is 10.5. The molecule has 0 bridgehead atoms. The molecule has 0 aliphatic heterocycles. The largest absolute Gasteiger partial charge is 0.508 e. The van der Waals surface area contributed by atoms with Crippen molar-refractivity contribution < 1.29 is 29.1 Å². The molecule has 0 radical (unpaired) electrons. The number of carbonyl (C=O) groups is 5. The Hall–Kier alpha value is -4.81. The first-order valence-corrected chi connectivity index (χ1v) is 13.8. The molecule has 43 heavy (non-hydrogen) atoms. The normalized spacial score (nSPS) is 18.5. The van der Waals surface area contributed by atoms with E-state index in [9.17, 15) is 29.1 Å². The summed E-state index contributed by atoms with van der Waals surface area (Å²) in [5, 5.41) is 16.8. The molecule has 1 aliphatic carbocycles. The molecular weight excluding hydrogens is 552 g/mol. The Morgan fingerprint density at radius 3 is 2.09 bits per heavy atom. The van der Waals surface area contributed by atoms with E-state index in [-0.39, 0.29) is 25.0 Å². The van der Waals surface area contributed by atoms with Gasteiger partial charge in [-0.15, -0.1) is 0 Å². The first-order valence-electron chi connectivity index (χ1n) is 13.8. The van der Waals surface area contributed by atoms with Crippen molar-refractivity contribution in [3.8, 4) is 5.75 Å². The fraction of sp³-hybridized carbons (Fsp3) is 0.323. The van der Waals surface area contributed by atoms with Gasteiger partial charge in [-0.2, -0.15) is 0 Å². The predicted octanol–water partition coefficient (Wildman–Crippen LogP) is -0.505. The average Bonchev–Trinajstić information content (AvgIpc) is 2.99. The molecule has 2 aromatic rings. The zero-order valence-corrected chi connectivity index (χ0v) is 23.9. The van der Waals surface area contributed by atoms with Gasteiger partial charge in [0.15, 0.2) is 5.78 Å². The molecule has 0 aromatic heterocycles. The lowest BCUT2D eigenvalue weighted by molar-refractivity contribution is -0.137. The first-order chi connectivity index (χ1) is 20.4. The van der Waals surface area contributed by atoms with E-state index < -0.39 is 65.5 Å². The second kappa shape index (κ2) is 14.9. The topological polar surface area (TPSA) is 220 Å². The molecular formula is C31H38N6O6. The lowest BCUT2D eigenvalue weighted by atomic mass is 9.69. The number of hydrogen-bond donors (Lipinski definition) is 7. The van der Waals surface area contributed by atoms with E-state index in [1.165, 1.54) is 25.1 Å². The van der Waals surface area contributed by atoms with Gasteiger partial charge in [-0.3, -0.25) is 24.0 Å². The molecule has 3 rings (SSSR count). The Morgan fingerprint density at radius 2 is 1.49 bits per heavy atom. The Bertz CT molecular complexity index is 1380. The second-order valence-corrected chi connectivity index (χ2v) is 10.5. The number of rotatable bonds is 14. The number of ketones is 1. The van der Waals surface area contributed by atoms with Crippen molar-refractivity contribution in [3.63, 3.8) is 0 Å². The van der Waals surface area contributed by atoms with Crippen molar-refractivity contribution in [2.75, 3.05) is 6.54 Å². The van der Waals surface area contributed by atoms with E-state index in [0.29, 0.717) is 0 Å². The monoisotopic (exact) mass is 590 g/mol. The third kappa shape index (κ3) is 8.84. The Labute approximate surface area is 249 Å². The maximum Gasteiger partial charge on any atom is 0.242 e. The summed E-state index contributed by atoms with van der Waals surface area (Å²) in [4.78, 5) is 64.2. The highest BCUT2D eigenvalue weighted by molar-refractivity contribution is 6.00. The van der Waals surface area contributed by atoms with Gasteiger partial charge in [0, 0.05) is 0 Å². The molecule has 2 aromatic carbocycles. The molecule has 12 nitrogen and oxygen atoms in total. The summed E-state index contributed by atoms with van der Waals surface area (Å²) in [6, 6.07) is 10.9. The molecule has 0 fully saturated rings. The third-order valence-electron chi connectivity index (χ3n) is 7.20. The number of phenols is 1. The van der Waals surface area contributed by atoms with Crippen LogP contribution in [0.2, 0.25) is 0 Å². The Morgan fingerprint density at radius 1 is 0.860 bits per heavy atom. The highest BCUT2D eigenvalue weighted by Crippen LogP contribution is 2.35. The number of primary amides is 1. The number of benzene rings is 2. The zero-order valence-electron chi connectivity index (χ0n) is 23.9. The van der Waals surface area contributed by atoms with Crippen molar-refractivity contribution >= 4 is 29.4 Å². The maximum atomic E-state index is 13.7. The minimum absolute atomic E-state index is 0.0819. The van der Waals surface area contributed by atoms with Crippen LogP contribution in [-0.2, 0) is 36.8 Å². The Balaban J connectivity index is 1.59. The summed E-state index contributed by atoms with van der Waals surface area (Å²) < 4.78 is 0. The van der Waals surface area contributed by atoms with Crippen molar-refractivity contribution in [1.29, 1.82) is 0 Å². The number of phenolic OH excluding ortho intramolecular Hbond substituents is 1. The van der Waals surface area contributed by atoms with Gasteiger partial charge in [-0.25, -0.2) is 0 Å². The van der Waals surface area contributed by atoms with Crippen LogP contribution >= 0.6 is 0 Å². The van der Waals surface area contributed by atoms with Crippen molar-refractivity contribution in [2.45, 2.75) is 50.4 Å². The molecule has 5 atom stereocenters. The van der Waals surface area contributed by atoms with Crippen LogP contribution in [-0.4, -0.2) is 65.2 Å². The summed E-state index contributed by atoms with van der Waals surface area (Å²) in [6.07, 6.45) is 6.99. The van der Waals surface area contributed by atoms with Crippen LogP contribution in [0.1, 0.15) is 24.5 Å². The average molecular weight is 591 g/mol. The van der Waals surface area contributed by atoms with Crippen molar-refractivity contribution in [1.82, 2.24) is 16.0 Å². The molecule has 228 valence electrons. The van der Waals surface area contributed by atoms with Crippen LogP contribution in [0.15, 0.2) is 78.9 Å². The minimum Gasteiger partial charge on any atom is -0.508 e. The van der Waals surface area contributed by atoms with Crippen LogP contribution in [0.25, 0.3) is 0 Å². The summed E-state index contributed by atoms with van der Waals surface area (Å²) in [5.74, 6) is -3.36. The number of allylic oxidation sites excluding steroid dienone is 3. The van der Waals surface area contributed by atoms with Crippen molar-refractivity contribution in [3.05, 3.63) is 90.0 Å². The first kappa shape index (κ1) is 32.7. The van der Waals surface area contributed by atoms with Gasteiger partial charge < -0.3 is 38.3 Å². The molecule has 0 heterocycles. The van der Waals surface area contributed by atoms with Crippen molar-refractivity contribution in [2.24, 2.45) is 22.6 Å². The van der Waals surface area contributed by atoms with Crippen LogP contribution in [0.3, 0.4) is 0 Å². The van der Waals surface area contributed by atoms with Gasteiger partial charge in [-0.05, 0) is 49.4 Å². The quantitative estimate of drug-likeness (QED) is 0.152. The van der Waals surface area contributed by atoms with E-state index in [0.717, 1.165) is 11.1 Å². The van der Waals surface area contributed by atoms with Gasteiger partial charge in [0.25, 0.3) is 0 Å². The van der Waals surface area contributed by atoms with Gasteiger partial charge >= 0.3 is 0 Å². The van der Waals surface area contributed by atoms with Crippen LogP contribution < -0.4 is 33.2 Å². The molecule has 12 heteroatoms. The molecule has 1 unspecified atom stereocenters. The number of nitrogens with one attached hydrogen (secondary N) is 3. The molecule has 0 saturated carbocycles. The number of aromatic hydroxyl groups is 1. The number of nitrogens with two attached hydrogens (primary N) is 3. The fourth-order valence-electron chi connectivity index (χ4n) is 4.83. The van der Waals surface area contributed by atoms with E-state index in [1.54, 1.807) is 30.4 Å². The standard InChI is InChI=1S/C31H38N6O6/c1-19(36-30(43)24(33)17-21-10-12-22(38)13-11-21)29(42)35-18-25(39)37-26(28(34)41)31(14-6-3-7-15-31)27(40)23(32)16-20-8-4-2-5-9-20/h2-14,19,23-24,26,38H,15-18,32-33H2,1H3,(H2,34,41)(H,35,42)(H,36,43)(H,37,39)/t19-,23+,24+,26+,31?/m1/s1. The van der Waals surface area contributed by atoms with Crippen LogP contribution in [0.4, 0.5) is 0 Å². The molecule has 0 spiro atoms. The van der Waals surface area contributed by atoms with E-state index in [2.05, 4.69) is 16.0 Å². The number of amides is 4. The molecule has 10 N–H and O–H groups in total. The van der Waals surface area contributed by atoms with E-state index in [1.807, 2.05) is 30.3 Å². The summed E-state index contributed by atoms with van der Waals surface area (Å²) >= 11 is 0. The smallest absolute Gasteiger partial charge is 0.242 e. The Kier molecular flexibility index (Phi) is 11.3. The highest BCUT2D eigenvalue weighted by Gasteiger charge is 2.48. The van der Waals surface area contributed by atoms with Gasteiger partial charge in [0.1, 0.15) is 17.8 Å². The maximum absolute atomic E-state index is 13.7. The predicted molar refractivity (Wildman–Crippen MR) is 160 cm³/mol.